The van der Waals surface area contributed by atoms with Crippen LogP contribution in [0.1, 0.15) is 25.7 Å². The Morgan fingerprint density at radius 2 is 1.82 bits per heavy atom. The van der Waals surface area contributed by atoms with Crippen molar-refractivity contribution in [2.45, 2.75) is 37.7 Å². The van der Waals surface area contributed by atoms with Gasteiger partial charge in [-0.05, 0) is 12.8 Å². The summed E-state index contributed by atoms with van der Waals surface area (Å²) >= 11 is 0. The first-order valence-electron chi connectivity index (χ1n) is 4.07. The highest BCUT2D eigenvalue weighted by atomic mass is 19.4. The van der Waals surface area contributed by atoms with Gasteiger partial charge in [0.15, 0.2) is 0 Å². The molecule has 0 aromatic carbocycles. The molecule has 1 rings (SSSR count). The first-order valence-corrected chi connectivity index (χ1v) is 4.07. The molecule has 0 amide bonds. The van der Waals surface area contributed by atoms with E-state index in [4.69, 9.17) is 0 Å². The van der Waals surface area contributed by atoms with Gasteiger partial charge in [-0.25, -0.2) is 0 Å². The highest BCUT2D eigenvalue weighted by Crippen LogP contribution is 2.40. The summed E-state index contributed by atoms with van der Waals surface area (Å²) in [5.41, 5.74) is 0. The molecule has 2 atom stereocenters. The summed E-state index contributed by atoms with van der Waals surface area (Å²) in [6, 6.07) is 0. The van der Waals surface area contributed by atoms with E-state index in [1.54, 1.807) is 0 Å². The Morgan fingerprint density at radius 3 is 2.18 bits per heavy atom. The van der Waals surface area contributed by atoms with Crippen LogP contribution in [-0.4, -0.2) is 14.0 Å². The van der Waals surface area contributed by atoms with E-state index in [1.807, 2.05) is 7.85 Å². The lowest BCUT2D eigenvalue weighted by Gasteiger charge is -2.28. The Bertz CT molecular complexity index is 132. The smallest absolute Gasteiger partial charge is 0.171 e. The van der Waals surface area contributed by atoms with E-state index in [2.05, 4.69) is 0 Å². The molecule has 0 N–H and O–H groups in total. The van der Waals surface area contributed by atoms with Gasteiger partial charge in [0.2, 0.25) is 0 Å². The molecule has 0 aliphatic heterocycles. The van der Waals surface area contributed by atoms with Crippen LogP contribution in [0.25, 0.3) is 0 Å². The van der Waals surface area contributed by atoms with Crippen molar-refractivity contribution in [3.05, 3.63) is 0 Å². The van der Waals surface area contributed by atoms with Gasteiger partial charge in [0.25, 0.3) is 0 Å². The lowest BCUT2D eigenvalue weighted by molar-refractivity contribution is -0.181. The summed E-state index contributed by atoms with van der Waals surface area (Å²) in [5, 5.41) is 0. The third-order valence-corrected chi connectivity index (χ3v) is 2.40. The van der Waals surface area contributed by atoms with Gasteiger partial charge in [-0.2, -0.15) is 13.2 Å². The third-order valence-electron chi connectivity index (χ3n) is 2.40. The molecule has 0 aromatic heterocycles. The van der Waals surface area contributed by atoms with E-state index in [0.717, 1.165) is 12.8 Å². The standard InChI is InChI=1S/C7H12BF3/c8-6-3-1-2-5(4-6)7(9,10)11/h5-6H,1-4,8H2. The van der Waals surface area contributed by atoms with Crippen molar-refractivity contribution in [3.8, 4) is 0 Å². The molecule has 0 bridgehead atoms. The van der Waals surface area contributed by atoms with E-state index in [9.17, 15) is 13.2 Å². The zero-order valence-corrected chi connectivity index (χ0v) is 6.62. The lowest BCUT2D eigenvalue weighted by atomic mass is 9.71. The Morgan fingerprint density at radius 1 is 1.18 bits per heavy atom. The van der Waals surface area contributed by atoms with Crippen LogP contribution in [0.4, 0.5) is 13.2 Å². The molecular weight excluding hydrogens is 152 g/mol. The van der Waals surface area contributed by atoms with E-state index in [-0.39, 0.29) is 5.82 Å². The average molecular weight is 164 g/mol. The van der Waals surface area contributed by atoms with Crippen molar-refractivity contribution in [1.29, 1.82) is 0 Å². The maximum absolute atomic E-state index is 12.1. The monoisotopic (exact) mass is 164 g/mol. The largest absolute Gasteiger partial charge is 0.391 e. The van der Waals surface area contributed by atoms with Gasteiger partial charge in [-0.15, -0.1) is 0 Å². The average Bonchev–Trinajstić information content (AvgIpc) is 1.86. The lowest BCUT2D eigenvalue weighted by Crippen LogP contribution is -2.27. The molecule has 0 radical (unpaired) electrons. The van der Waals surface area contributed by atoms with Crippen molar-refractivity contribution in [1.82, 2.24) is 0 Å². The number of halogens is 3. The zero-order valence-electron chi connectivity index (χ0n) is 6.62. The van der Waals surface area contributed by atoms with Crippen LogP contribution in [0, 0.1) is 5.92 Å². The van der Waals surface area contributed by atoms with Crippen molar-refractivity contribution in [2.75, 3.05) is 0 Å². The van der Waals surface area contributed by atoms with Gasteiger partial charge < -0.3 is 0 Å². The summed E-state index contributed by atoms with van der Waals surface area (Å²) in [6.07, 6.45) is -1.57. The molecule has 64 valence electrons. The SMILES string of the molecule is BC1CCCC(C(F)(F)F)C1. The summed E-state index contributed by atoms with van der Waals surface area (Å²) in [7, 11) is 1.90. The molecule has 4 heteroatoms. The van der Waals surface area contributed by atoms with E-state index >= 15 is 0 Å². The quantitative estimate of drug-likeness (QED) is 0.481. The summed E-state index contributed by atoms with van der Waals surface area (Å²) < 4.78 is 36.3. The van der Waals surface area contributed by atoms with Crippen LogP contribution in [0.5, 0.6) is 0 Å². The second-order valence-corrected chi connectivity index (χ2v) is 3.51. The first kappa shape index (κ1) is 8.95. The van der Waals surface area contributed by atoms with E-state index in [0.29, 0.717) is 12.8 Å². The van der Waals surface area contributed by atoms with Gasteiger partial charge >= 0.3 is 6.18 Å². The van der Waals surface area contributed by atoms with E-state index < -0.39 is 12.1 Å². The minimum Gasteiger partial charge on any atom is -0.171 e. The molecule has 0 heterocycles. The van der Waals surface area contributed by atoms with Crippen molar-refractivity contribution < 1.29 is 13.2 Å². The van der Waals surface area contributed by atoms with Crippen molar-refractivity contribution in [3.63, 3.8) is 0 Å². The Balaban J connectivity index is 2.46. The maximum Gasteiger partial charge on any atom is 0.391 e. The van der Waals surface area contributed by atoms with Crippen LogP contribution in [0.2, 0.25) is 5.82 Å². The minimum atomic E-state index is -3.95. The Kier molecular flexibility index (Phi) is 2.50. The van der Waals surface area contributed by atoms with Gasteiger partial charge in [0.1, 0.15) is 7.85 Å². The fraction of sp³-hybridized carbons (Fsp3) is 1.00. The molecular formula is C7H12BF3. The predicted molar refractivity (Wildman–Crippen MR) is 40.3 cm³/mol. The number of hydrogen-bond donors (Lipinski definition) is 0. The molecule has 0 saturated heterocycles. The molecule has 1 fully saturated rings. The molecule has 0 nitrogen and oxygen atoms in total. The van der Waals surface area contributed by atoms with Crippen LogP contribution in [0.3, 0.4) is 0 Å². The van der Waals surface area contributed by atoms with Crippen LogP contribution in [-0.2, 0) is 0 Å². The van der Waals surface area contributed by atoms with E-state index in [1.165, 1.54) is 0 Å². The molecule has 1 aliphatic carbocycles. The molecule has 0 aromatic rings. The van der Waals surface area contributed by atoms with Gasteiger partial charge in [-0.1, -0.05) is 18.7 Å². The molecule has 2 unspecified atom stereocenters. The highest BCUT2D eigenvalue weighted by molar-refractivity contribution is 6.11. The van der Waals surface area contributed by atoms with Gasteiger partial charge in [0, 0.05) is 0 Å². The fourth-order valence-electron chi connectivity index (χ4n) is 1.73. The topological polar surface area (TPSA) is 0 Å². The fourth-order valence-corrected chi connectivity index (χ4v) is 1.73. The normalized spacial score (nSPS) is 33.7. The second kappa shape index (κ2) is 3.07. The molecule has 0 spiro atoms. The first-order chi connectivity index (χ1) is 5.00. The number of rotatable bonds is 0. The van der Waals surface area contributed by atoms with Gasteiger partial charge in [0.05, 0.1) is 5.92 Å². The van der Waals surface area contributed by atoms with Crippen LogP contribution in [0.15, 0.2) is 0 Å². The maximum atomic E-state index is 12.1. The second-order valence-electron chi connectivity index (χ2n) is 3.51. The van der Waals surface area contributed by atoms with Crippen molar-refractivity contribution in [2.24, 2.45) is 5.92 Å². The molecule has 1 saturated carbocycles. The number of hydrogen-bond acceptors (Lipinski definition) is 0. The molecule has 11 heavy (non-hydrogen) atoms. The predicted octanol–water partition coefficient (Wildman–Crippen LogP) is 2.16. The van der Waals surface area contributed by atoms with Crippen LogP contribution >= 0.6 is 0 Å². The van der Waals surface area contributed by atoms with Crippen LogP contribution < -0.4 is 0 Å². The highest BCUT2D eigenvalue weighted by Gasteiger charge is 2.40. The summed E-state index contributed by atoms with van der Waals surface area (Å²) in [6.45, 7) is 0. The number of alkyl halides is 3. The summed E-state index contributed by atoms with van der Waals surface area (Å²) in [5.74, 6) is -0.762. The molecule has 1 aliphatic rings. The Hall–Kier alpha value is -0.145. The summed E-state index contributed by atoms with van der Waals surface area (Å²) in [4.78, 5) is 0. The van der Waals surface area contributed by atoms with Crippen molar-refractivity contribution >= 4 is 7.85 Å². The zero-order chi connectivity index (χ0) is 8.48. The Labute approximate surface area is 65.6 Å². The van der Waals surface area contributed by atoms with Gasteiger partial charge in [-0.3, -0.25) is 0 Å². The third kappa shape index (κ3) is 2.42. The minimum absolute atomic E-state index is 0.260.